The lowest BCUT2D eigenvalue weighted by Crippen LogP contribution is -2.06. The van der Waals surface area contributed by atoms with Crippen LogP contribution in [0.1, 0.15) is 5.56 Å². The van der Waals surface area contributed by atoms with Crippen LogP contribution >= 0.6 is 0 Å². The smallest absolute Gasteiger partial charge is 0.200 e. The Labute approximate surface area is 166 Å². The van der Waals surface area contributed by atoms with Crippen LogP contribution in [0.25, 0.3) is 22.4 Å². The number of oxime groups is 1. The number of fused-ring (bicyclic) bond motifs is 1. The third kappa shape index (κ3) is 3.84. The summed E-state index contributed by atoms with van der Waals surface area (Å²) in [6.45, 7) is 0. The van der Waals surface area contributed by atoms with Gasteiger partial charge in [0.05, 0.1) is 22.8 Å². The van der Waals surface area contributed by atoms with Crippen molar-refractivity contribution < 1.29 is 27.2 Å². The maximum atomic E-state index is 12.7. The standard InChI is InChI=1S/C13H11N3.C7H2F5NO/c1-16-12-5-3-2-4-11(12)15-13(16)10-6-8-14-9-7-10;8-3-2(1-13-14)4(9)6(11)7(12)5(3)10/h2-9H,1H3;1,14H/b;13-1+. The van der Waals surface area contributed by atoms with Gasteiger partial charge in [0.15, 0.2) is 23.3 Å². The Morgan fingerprint density at radius 3 is 2.00 bits per heavy atom. The Morgan fingerprint density at radius 1 is 0.867 bits per heavy atom. The van der Waals surface area contributed by atoms with Crippen molar-refractivity contribution in [2.75, 3.05) is 0 Å². The minimum atomic E-state index is -2.25. The molecule has 10 heteroatoms. The molecule has 0 unspecified atom stereocenters. The highest BCUT2D eigenvalue weighted by Gasteiger charge is 2.24. The van der Waals surface area contributed by atoms with E-state index in [2.05, 4.69) is 25.8 Å². The predicted octanol–water partition coefficient (Wildman–Crippen LogP) is 4.83. The number of nitrogens with zero attached hydrogens (tertiary/aromatic N) is 4. The van der Waals surface area contributed by atoms with Gasteiger partial charge in [-0.25, -0.2) is 26.9 Å². The number of hydrogen-bond donors (Lipinski definition) is 1. The van der Waals surface area contributed by atoms with Gasteiger partial charge in [-0.1, -0.05) is 17.3 Å². The van der Waals surface area contributed by atoms with Gasteiger partial charge in [-0.05, 0) is 24.3 Å². The highest BCUT2D eigenvalue weighted by atomic mass is 19.2. The Hall–Kier alpha value is -3.82. The van der Waals surface area contributed by atoms with Crippen molar-refractivity contribution in [1.29, 1.82) is 0 Å². The summed E-state index contributed by atoms with van der Waals surface area (Å²) in [5, 5.41) is 10.1. The SMILES string of the molecule is Cn1c(-c2ccncc2)nc2ccccc21.O/N=C/c1c(F)c(F)c(F)c(F)c1F. The third-order valence-electron chi connectivity index (χ3n) is 4.16. The first-order valence-electron chi connectivity index (χ1n) is 8.37. The lowest BCUT2D eigenvalue weighted by molar-refractivity contribution is 0.320. The van der Waals surface area contributed by atoms with E-state index in [-0.39, 0.29) is 6.21 Å². The largest absolute Gasteiger partial charge is 0.411 e. The summed E-state index contributed by atoms with van der Waals surface area (Å²) in [6, 6.07) is 12.1. The number of benzene rings is 2. The molecule has 5 nitrogen and oxygen atoms in total. The number of rotatable bonds is 2. The maximum absolute atomic E-state index is 12.7. The van der Waals surface area contributed by atoms with E-state index >= 15 is 0 Å². The van der Waals surface area contributed by atoms with E-state index in [0.29, 0.717) is 0 Å². The van der Waals surface area contributed by atoms with Gasteiger partial charge >= 0.3 is 0 Å². The topological polar surface area (TPSA) is 63.3 Å². The molecule has 0 saturated carbocycles. The van der Waals surface area contributed by atoms with E-state index in [1.54, 1.807) is 12.4 Å². The predicted molar refractivity (Wildman–Crippen MR) is 99.6 cm³/mol. The second-order valence-electron chi connectivity index (χ2n) is 5.95. The van der Waals surface area contributed by atoms with Crippen LogP contribution < -0.4 is 0 Å². The molecule has 0 fully saturated rings. The van der Waals surface area contributed by atoms with Crippen molar-refractivity contribution >= 4 is 17.2 Å². The third-order valence-corrected chi connectivity index (χ3v) is 4.16. The van der Waals surface area contributed by atoms with Crippen molar-refractivity contribution in [1.82, 2.24) is 14.5 Å². The number of imidazole rings is 1. The maximum Gasteiger partial charge on any atom is 0.200 e. The fourth-order valence-electron chi connectivity index (χ4n) is 2.70. The molecule has 4 rings (SSSR count). The summed E-state index contributed by atoms with van der Waals surface area (Å²) < 4.78 is 64.7. The number of aromatic nitrogens is 3. The zero-order chi connectivity index (χ0) is 21.8. The first-order chi connectivity index (χ1) is 14.4. The molecule has 0 saturated heterocycles. The average molecular weight is 420 g/mol. The van der Waals surface area contributed by atoms with Crippen LogP contribution in [-0.4, -0.2) is 26.0 Å². The van der Waals surface area contributed by atoms with Crippen LogP contribution in [0, 0.1) is 29.1 Å². The van der Waals surface area contributed by atoms with E-state index in [1.165, 1.54) is 0 Å². The van der Waals surface area contributed by atoms with Crippen LogP contribution in [0.2, 0.25) is 0 Å². The molecule has 2 heterocycles. The minimum Gasteiger partial charge on any atom is -0.411 e. The molecule has 154 valence electrons. The quantitative estimate of drug-likeness (QED) is 0.126. The van der Waals surface area contributed by atoms with Gasteiger partial charge in [0.25, 0.3) is 0 Å². The lowest BCUT2D eigenvalue weighted by Gasteiger charge is -2.02. The molecule has 2 aromatic carbocycles. The normalized spacial score (nSPS) is 11.0. The number of hydrogen-bond acceptors (Lipinski definition) is 4. The zero-order valence-electron chi connectivity index (χ0n) is 15.3. The molecule has 0 radical (unpaired) electrons. The minimum absolute atomic E-state index is 0.121. The number of aryl methyl sites for hydroxylation is 1. The van der Waals surface area contributed by atoms with Crippen LogP contribution in [-0.2, 0) is 7.05 Å². The summed E-state index contributed by atoms with van der Waals surface area (Å²) >= 11 is 0. The van der Waals surface area contributed by atoms with E-state index in [0.717, 1.165) is 22.4 Å². The number of halogens is 5. The molecule has 1 N–H and O–H groups in total. The van der Waals surface area contributed by atoms with Crippen LogP contribution in [0.4, 0.5) is 22.0 Å². The van der Waals surface area contributed by atoms with Crippen molar-refractivity contribution in [3.05, 3.63) is 83.4 Å². The highest BCUT2D eigenvalue weighted by Crippen LogP contribution is 2.23. The van der Waals surface area contributed by atoms with Crippen LogP contribution in [0.5, 0.6) is 0 Å². The van der Waals surface area contributed by atoms with Crippen LogP contribution in [0.15, 0.2) is 53.9 Å². The summed E-state index contributed by atoms with van der Waals surface area (Å²) in [7, 11) is 2.03. The van der Waals surface area contributed by atoms with Gasteiger partial charge < -0.3 is 9.77 Å². The molecular formula is C20H13F5N4O. The Kier molecular flexibility index (Phi) is 6.05. The van der Waals surface area contributed by atoms with Crippen molar-refractivity contribution in [2.24, 2.45) is 12.2 Å². The fourth-order valence-corrected chi connectivity index (χ4v) is 2.70. The Morgan fingerprint density at radius 2 is 1.43 bits per heavy atom. The van der Waals surface area contributed by atoms with Gasteiger partial charge in [-0.2, -0.15) is 0 Å². The molecule has 0 aliphatic rings. The first-order valence-corrected chi connectivity index (χ1v) is 8.37. The van der Waals surface area contributed by atoms with E-state index < -0.39 is 34.6 Å². The van der Waals surface area contributed by atoms with Crippen LogP contribution in [0.3, 0.4) is 0 Å². The van der Waals surface area contributed by atoms with Gasteiger partial charge in [-0.3, -0.25) is 4.98 Å². The van der Waals surface area contributed by atoms with Crippen molar-refractivity contribution in [3.8, 4) is 11.4 Å². The lowest BCUT2D eigenvalue weighted by atomic mass is 10.2. The van der Waals surface area contributed by atoms with Crippen molar-refractivity contribution in [2.45, 2.75) is 0 Å². The molecule has 0 aliphatic heterocycles. The molecule has 30 heavy (non-hydrogen) atoms. The highest BCUT2D eigenvalue weighted by molar-refractivity contribution is 5.80. The van der Waals surface area contributed by atoms with Gasteiger partial charge in [-0.15, -0.1) is 0 Å². The van der Waals surface area contributed by atoms with Crippen molar-refractivity contribution in [3.63, 3.8) is 0 Å². The Balaban J connectivity index is 0.000000173. The first kappa shape index (κ1) is 20.9. The van der Waals surface area contributed by atoms with Gasteiger partial charge in [0.2, 0.25) is 5.82 Å². The van der Waals surface area contributed by atoms with Gasteiger partial charge in [0, 0.05) is 25.0 Å². The summed E-state index contributed by atoms with van der Waals surface area (Å²) in [4.78, 5) is 8.64. The molecule has 2 aromatic heterocycles. The molecule has 0 aliphatic carbocycles. The summed E-state index contributed by atoms with van der Waals surface area (Å²) in [5.41, 5.74) is 1.98. The molecular weight excluding hydrogens is 407 g/mol. The van der Waals surface area contributed by atoms with E-state index in [1.807, 2.05) is 37.4 Å². The average Bonchev–Trinajstić information content (AvgIpc) is 3.12. The molecule has 4 aromatic rings. The van der Waals surface area contributed by atoms with E-state index in [4.69, 9.17) is 5.21 Å². The molecule has 0 bridgehead atoms. The molecule has 0 atom stereocenters. The van der Waals surface area contributed by atoms with Gasteiger partial charge in [0.1, 0.15) is 5.82 Å². The summed E-state index contributed by atoms with van der Waals surface area (Å²) in [6.07, 6.45) is 3.69. The molecule has 0 spiro atoms. The second-order valence-corrected chi connectivity index (χ2v) is 5.95. The fraction of sp³-hybridized carbons (Fsp3) is 0.0500. The summed E-state index contributed by atoms with van der Waals surface area (Å²) in [5.74, 6) is -9.53. The van der Waals surface area contributed by atoms with E-state index in [9.17, 15) is 22.0 Å². The monoisotopic (exact) mass is 420 g/mol. The Bertz CT molecular complexity index is 1200. The number of pyridine rings is 1. The molecule has 0 amide bonds. The number of para-hydroxylation sites is 2. The zero-order valence-corrected chi connectivity index (χ0v) is 15.3. The second kappa shape index (κ2) is 8.68.